The molecule has 1 N–H and O–H groups in total. The van der Waals surface area contributed by atoms with Gasteiger partial charge < -0.3 is 10.2 Å². The molecule has 0 spiro atoms. The first kappa shape index (κ1) is 18.0. The van der Waals surface area contributed by atoms with Crippen molar-refractivity contribution in [3.8, 4) is 0 Å². The SMILES string of the molecule is CCC[C@H](C)C(=O)NCc1cc2n(n1)CCCN(C(=O)C1CCC1)C2. The highest BCUT2D eigenvalue weighted by molar-refractivity contribution is 5.79. The molecule has 1 aliphatic heterocycles. The van der Waals surface area contributed by atoms with Crippen LogP contribution in [0.15, 0.2) is 6.07 Å². The highest BCUT2D eigenvalue weighted by atomic mass is 16.2. The standard InChI is InChI=1S/C19H30N4O2/c1-3-6-14(2)18(24)20-12-16-11-17-13-22(9-5-10-23(17)21-16)19(25)15-7-4-8-15/h11,14-15H,3-10,12-13H2,1-2H3,(H,20,24)/t14-/m0/s1. The maximum atomic E-state index is 12.5. The predicted octanol–water partition coefficient (Wildman–Crippen LogP) is 2.47. The number of hydrogen-bond acceptors (Lipinski definition) is 3. The Labute approximate surface area is 149 Å². The Morgan fingerprint density at radius 1 is 1.32 bits per heavy atom. The number of rotatable bonds is 6. The third-order valence-electron chi connectivity index (χ3n) is 5.44. The van der Waals surface area contributed by atoms with Crippen LogP contribution in [0.2, 0.25) is 0 Å². The maximum absolute atomic E-state index is 12.5. The van der Waals surface area contributed by atoms with Gasteiger partial charge in [-0.15, -0.1) is 0 Å². The van der Waals surface area contributed by atoms with Gasteiger partial charge in [-0.3, -0.25) is 14.3 Å². The Balaban J connectivity index is 1.59. The summed E-state index contributed by atoms with van der Waals surface area (Å²) in [5.74, 6) is 0.685. The Bertz CT molecular complexity index is 621. The molecule has 1 aliphatic carbocycles. The Morgan fingerprint density at radius 3 is 2.80 bits per heavy atom. The molecule has 6 nitrogen and oxygen atoms in total. The van der Waals surface area contributed by atoms with Crippen LogP contribution in [0.5, 0.6) is 0 Å². The molecule has 1 saturated carbocycles. The predicted molar refractivity (Wildman–Crippen MR) is 95.5 cm³/mol. The van der Waals surface area contributed by atoms with Gasteiger partial charge in [0.15, 0.2) is 0 Å². The average Bonchev–Trinajstić information content (AvgIpc) is 2.81. The summed E-state index contributed by atoms with van der Waals surface area (Å²) in [7, 11) is 0. The Kier molecular flexibility index (Phi) is 5.76. The number of nitrogens with one attached hydrogen (secondary N) is 1. The van der Waals surface area contributed by atoms with Gasteiger partial charge in [0.2, 0.25) is 11.8 Å². The number of hydrogen-bond donors (Lipinski definition) is 1. The molecule has 25 heavy (non-hydrogen) atoms. The zero-order valence-electron chi connectivity index (χ0n) is 15.5. The zero-order valence-corrected chi connectivity index (χ0v) is 15.5. The molecule has 138 valence electrons. The van der Waals surface area contributed by atoms with Gasteiger partial charge in [0.25, 0.3) is 0 Å². The topological polar surface area (TPSA) is 67.2 Å². The number of nitrogens with zero attached hydrogens (tertiary/aromatic N) is 3. The summed E-state index contributed by atoms with van der Waals surface area (Å²) < 4.78 is 2.00. The average molecular weight is 346 g/mol. The first-order valence-corrected chi connectivity index (χ1v) is 9.70. The fourth-order valence-electron chi connectivity index (χ4n) is 3.63. The number of aromatic nitrogens is 2. The minimum Gasteiger partial charge on any atom is -0.350 e. The number of carbonyl (C=O) groups is 2. The van der Waals surface area contributed by atoms with E-state index in [-0.39, 0.29) is 17.7 Å². The third-order valence-corrected chi connectivity index (χ3v) is 5.44. The van der Waals surface area contributed by atoms with Crippen LogP contribution < -0.4 is 5.32 Å². The van der Waals surface area contributed by atoms with Crippen LogP contribution >= 0.6 is 0 Å². The van der Waals surface area contributed by atoms with Crippen molar-refractivity contribution in [1.29, 1.82) is 0 Å². The molecule has 2 amide bonds. The summed E-state index contributed by atoms with van der Waals surface area (Å²) in [5.41, 5.74) is 1.96. The summed E-state index contributed by atoms with van der Waals surface area (Å²) in [4.78, 5) is 26.6. The first-order valence-electron chi connectivity index (χ1n) is 9.70. The van der Waals surface area contributed by atoms with Gasteiger partial charge in [-0.25, -0.2) is 0 Å². The number of amides is 2. The molecule has 0 radical (unpaired) electrons. The van der Waals surface area contributed by atoms with Crippen LogP contribution in [-0.2, 0) is 29.2 Å². The van der Waals surface area contributed by atoms with Crippen LogP contribution in [0, 0.1) is 11.8 Å². The minimum absolute atomic E-state index is 0.0426. The molecular formula is C19H30N4O2. The molecule has 0 saturated heterocycles. The number of aryl methyl sites for hydroxylation is 1. The lowest BCUT2D eigenvalue weighted by Crippen LogP contribution is -2.38. The van der Waals surface area contributed by atoms with Crippen molar-refractivity contribution in [1.82, 2.24) is 20.0 Å². The molecule has 0 bridgehead atoms. The number of carbonyl (C=O) groups excluding carboxylic acids is 2. The molecule has 1 aromatic rings. The Hall–Kier alpha value is -1.85. The van der Waals surface area contributed by atoms with Gasteiger partial charge in [-0.2, -0.15) is 5.10 Å². The minimum atomic E-state index is 0.0426. The summed E-state index contributed by atoms with van der Waals surface area (Å²) in [6, 6.07) is 2.04. The first-order chi connectivity index (χ1) is 12.1. The molecule has 2 heterocycles. The van der Waals surface area contributed by atoms with Gasteiger partial charge in [0, 0.05) is 24.9 Å². The molecular weight excluding hydrogens is 316 g/mol. The van der Waals surface area contributed by atoms with Crippen molar-refractivity contribution in [3.63, 3.8) is 0 Å². The van der Waals surface area contributed by atoms with Gasteiger partial charge in [0.1, 0.15) is 0 Å². The summed E-state index contributed by atoms with van der Waals surface area (Å²) in [5, 5.41) is 7.61. The summed E-state index contributed by atoms with van der Waals surface area (Å²) in [6.07, 6.45) is 6.13. The zero-order chi connectivity index (χ0) is 17.8. The van der Waals surface area contributed by atoms with Crippen LogP contribution in [0.1, 0.15) is 63.8 Å². The van der Waals surface area contributed by atoms with E-state index in [9.17, 15) is 9.59 Å². The molecule has 1 fully saturated rings. The smallest absolute Gasteiger partial charge is 0.226 e. The van der Waals surface area contributed by atoms with E-state index in [1.807, 2.05) is 22.6 Å². The molecule has 3 rings (SSSR count). The molecule has 2 aliphatic rings. The van der Waals surface area contributed by atoms with E-state index in [0.717, 1.165) is 56.6 Å². The highest BCUT2D eigenvalue weighted by Gasteiger charge is 2.30. The van der Waals surface area contributed by atoms with Crippen LogP contribution in [0.3, 0.4) is 0 Å². The van der Waals surface area contributed by atoms with Crippen molar-refractivity contribution in [2.24, 2.45) is 11.8 Å². The molecule has 1 aromatic heterocycles. The van der Waals surface area contributed by atoms with Gasteiger partial charge in [-0.05, 0) is 31.7 Å². The molecule has 0 aromatic carbocycles. The van der Waals surface area contributed by atoms with E-state index in [2.05, 4.69) is 17.3 Å². The summed E-state index contributed by atoms with van der Waals surface area (Å²) >= 11 is 0. The second kappa shape index (κ2) is 8.02. The van der Waals surface area contributed by atoms with Gasteiger partial charge >= 0.3 is 0 Å². The lowest BCUT2D eigenvalue weighted by molar-refractivity contribution is -0.138. The second-order valence-electron chi connectivity index (χ2n) is 7.50. The van der Waals surface area contributed by atoms with Crippen molar-refractivity contribution >= 4 is 11.8 Å². The second-order valence-corrected chi connectivity index (χ2v) is 7.50. The highest BCUT2D eigenvalue weighted by Crippen LogP contribution is 2.29. The van der Waals surface area contributed by atoms with Crippen molar-refractivity contribution in [2.45, 2.75) is 72.0 Å². The quantitative estimate of drug-likeness (QED) is 0.860. The molecule has 6 heteroatoms. The van der Waals surface area contributed by atoms with E-state index < -0.39 is 0 Å². The van der Waals surface area contributed by atoms with Crippen molar-refractivity contribution in [2.75, 3.05) is 6.54 Å². The van der Waals surface area contributed by atoms with E-state index >= 15 is 0 Å². The van der Waals surface area contributed by atoms with Crippen molar-refractivity contribution in [3.05, 3.63) is 17.5 Å². The monoisotopic (exact) mass is 346 g/mol. The van der Waals surface area contributed by atoms with E-state index in [1.165, 1.54) is 6.42 Å². The van der Waals surface area contributed by atoms with Crippen LogP contribution in [0.4, 0.5) is 0 Å². The maximum Gasteiger partial charge on any atom is 0.226 e. The lowest BCUT2D eigenvalue weighted by atomic mass is 9.84. The number of fused-ring (bicyclic) bond motifs is 1. The van der Waals surface area contributed by atoms with E-state index in [1.54, 1.807) is 0 Å². The van der Waals surface area contributed by atoms with Crippen LogP contribution in [0.25, 0.3) is 0 Å². The Morgan fingerprint density at radius 2 is 2.12 bits per heavy atom. The van der Waals surface area contributed by atoms with Gasteiger partial charge in [0.05, 0.1) is 24.5 Å². The van der Waals surface area contributed by atoms with Crippen molar-refractivity contribution < 1.29 is 9.59 Å². The fraction of sp³-hybridized carbons (Fsp3) is 0.737. The van der Waals surface area contributed by atoms with E-state index in [0.29, 0.717) is 19.0 Å². The summed E-state index contributed by atoms with van der Waals surface area (Å²) in [6.45, 7) is 6.81. The third kappa shape index (κ3) is 4.22. The fourth-order valence-corrected chi connectivity index (χ4v) is 3.63. The molecule has 0 unspecified atom stereocenters. The largest absolute Gasteiger partial charge is 0.350 e. The van der Waals surface area contributed by atoms with E-state index in [4.69, 9.17) is 0 Å². The van der Waals surface area contributed by atoms with Gasteiger partial charge in [-0.1, -0.05) is 26.7 Å². The van der Waals surface area contributed by atoms with Crippen LogP contribution in [-0.4, -0.2) is 33.0 Å². The normalized spacial score (nSPS) is 18.9. The molecule has 1 atom stereocenters. The lowest BCUT2D eigenvalue weighted by Gasteiger charge is -2.30.